The maximum atomic E-state index is 12.3. The smallest absolute Gasteiger partial charge is 0.339 e. The molecule has 0 saturated heterocycles. The zero-order valence-electron chi connectivity index (χ0n) is 17.9. The predicted molar refractivity (Wildman–Crippen MR) is 121 cm³/mol. The van der Waals surface area contributed by atoms with E-state index < -0.39 is 27.2 Å². The number of ether oxygens (including phenoxy) is 2. The van der Waals surface area contributed by atoms with Crippen molar-refractivity contribution in [2.24, 2.45) is 0 Å². The van der Waals surface area contributed by atoms with E-state index in [9.17, 15) is 29.8 Å². The number of rotatable bonds is 9. The van der Waals surface area contributed by atoms with Gasteiger partial charge >= 0.3 is 5.97 Å². The SMILES string of the molecule is COC(=O)c1ccccc1NC(=O)CCc1ccc(Oc2cc([N+](=O)[O-])cc([N+](=O)[O-])c2)cc1. The number of nitro groups is 2. The van der Waals surface area contributed by atoms with Crippen LogP contribution in [-0.2, 0) is 16.0 Å². The van der Waals surface area contributed by atoms with Crippen molar-refractivity contribution in [3.63, 3.8) is 0 Å². The van der Waals surface area contributed by atoms with Gasteiger partial charge in [-0.1, -0.05) is 24.3 Å². The Morgan fingerprint density at radius 2 is 1.50 bits per heavy atom. The number of nitrogens with zero attached hydrogens (tertiary/aromatic N) is 2. The summed E-state index contributed by atoms with van der Waals surface area (Å²) in [6.45, 7) is 0. The fourth-order valence-electron chi connectivity index (χ4n) is 3.05. The molecule has 0 aromatic heterocycles. The van der Waals surface area contributed by atoms with E-state index in [-0.39, 0.29) is 23.6 Å². The lowest BCUT2D eigenvalue weighted by Gasteiger charge is -2.10. The fourth-order valence-corrected chi connectivity index (χ4v) is 3.05. The predicted octanol–water partition coefficient (Wildman–Crippen LogP) is 4.65. The van der Waals surface area contributed by atoms with Gasteiger partial charge in [-0.05, 0) is 36.2 Å². The van der Waals surface area contributed by atoms with Gasteiger partial charge in [-0.3, -0.25) is 25.0 Å². The summed E-state index contributed by atoms with van der Waals surface area (Å²) in [7, 11) is 1.26. The maximum absolute atomic E-state index is 12.3. The number of hydrogen-bond donors (Lipinski definition) is 1. The van der Waals surface area contributed by atoms with Crippen LogP contribution in [0.5, 0.6) is 11.5 Å². The van der Waals surface area contributed by atoms with E-state index in [1.807, 2.05) is 0 Å². The molecule has 1 amide bonds. The second kappa shape index (κ2) is 10.7. The molecule has 174 valence electrons. The molecule has 11 heteroatoms. The van der Waals surface area contributed by atoms with Gasteiger partial charge in [0.05, 0.1) is 46.4 Å². The molecule has 0 bridgehead atoms. The highest BCUT2D eigenvalue weighted by Crippen LogP contribution is 2.31. The fraction of sp³-hybridized carbons (Fsp3) is 0.130. The number of anilines is 1. The Bertz CT molecular complexity index is 1210. The van der Waals surface area contributed by atoms with Crippen LogP contribution >= 0.6 is 0 Å². The quantitative estimate of drug-likeness (QED) is 0.272. The van der Waals surface area contributed by atoms with Gasteiger partial charge in [0, 0.05) is 6.42 Å². The molecule has 0 saturated carbocycles. The molecule has 0 heterocycles. The van der Waals surface area contributed by atoms with Crippen molar-refractivity contribution in [1.82, 2.24) is 0 Å². The molecule has 0 aliphatic rings. The number of benzene rings is 3. The summed E-state index contributed by atoms with van der Waals surface area (Å²) in [5.41, 5.74) is 0.505. The number of carbonyl (C=O) groups excluding carboxylic acids is 2. The monoisotopic (exact) mass is 465 g/mol. The zero-order valence-corrected chi connectivity index (χ0v) is 17.9. The zero-order chi connectivity index (χ0) is 24.7. The number of esters is 1. The molecule has 0 unspecified atom stereocenters. The summed E-state index contributed by atoms with van der Waals surface area (Å²) in [5, 5.41) is 24.7. The molecule has 0 radical (unpaired) electrons. The average molecular weight is 465 g/mol. The van der Waals surface area contributed by atoms with Crippen LogP contribution in [0.1, 0.15) is 22.3 Å². The van der Waals surface area contributed by atoms with Crippen LogP contribution in [0.15, 0.2) is 66.7 Å². The molecule has 3 rings (SSSR count). The highest BCUT2D eigenvalue weighted by atomic mass is 16.6. The van der Waals surface area contributed by atoms with E-state index in [1.165, 1.54) is 7.11 Å². The van der Waals surface area contributed by atoms with Crippen molar-refractivity contribution in [2.45, 2.75) is 12.8 Å². The molecule has 0 aliphatic heterocycles. The van der Waals surface area contributed by atoms with Crippen molar-refractivity contribution in [1.29, 1.82) is 0 Å². The Morgan fingerprint density at radius 1 is 0.882 bits per heavy atom. The second-order valence-corrected chi connectivity index (χ2v) is 7.03. The van der Waals surface area contributed by atoms with Crippen LogP contribution in [0.25, 0.3) is 0 Å². The number of nitro benzene ring substituents is 2. The summed E-state index contributed by atoms with van der Waals surface area (Å²) in [6, 6.07) is 16.1. The van der Waals surface area contributed by atoms with Crippen LogP contribution in [0, 0.1) is 20.2 Å². The summed E-state index contributed by atoms with van der Waals surface area (Å²) in [6.07, 6.45) is 0.543. The molecule has 1 N–H and O–H groups in total. The Hall–Kier alpha value is -4.80. The minimum atomic E-state index is -0.739. The lowest BCUT2D eigenvalue weighted by Crippen LogP contribution is -2.15. The molecular weight excluding hydrogens is 446 g/mol. The van der Waals surface area contributed by atoms with Gasteiger partial charge in [0.15, 0.2) is 0 Å². The van der Waals surface area contributed by atoms with Gasteiger partial charge in [0.1, 0.15) is 11.5 Å². The first-order valence-electron chi connectivity index (χ1n) is 9.94. The minimum Gasteiger partial charge on any atom is -0.465 e. The van der Waals surface area contributed by atoms with E-state index >= 15 is 0 Å². The van der Waals surface area contributed by atoms with Crippen molar-refractivity contribution in [3.05, 3.63) is 98.1 Å². The Kier molecular flexibility index (Phi) is 7.49. The lowest BCUT2D eigenvalue weighted by molar-refractivity contribution is -0.394. The molecular formula is C23H19N3O8. The summed E-state index contributed by atoms with van der Waals surface area (Å²) in [4.78, 5) is 44.7. The first-order valence-corrected chi connectivity index (χ1v) is 9.94. The third kappa shape index (κ3) is 6.13. The molecule has 11 nitrogen and oxygen atoms in total. The number of carbonyl (C=O) groups is 2. The molecule has 3 aromatic rings. The van der Waals surface area contributed by atoms with E-state index in [0.29, 0.717) is 17.9 Å². The van der Waals surface area contributed by atoms with Crippen LogP contribution in [-0.4, -0.2) is 28.8 Å². The first kappa shape index (κ1) is 23.9. The van der Waals surface area contributed by atoms with Gasteiger partial charge in [-0.25, -0.2) is 4.79 Å². The van der Waals surface area contributed by atoms with Crippen molar-refractivity contribution in [3.8, 4) is 11.5 Å². The highest BCUT2D eigenvalue weighted by molar-refractivity contribution is 6.01. The van der Waals surface area contributed by atoms with Crippen molar-refractivity contribution in [2.75, 3.05) is 12.4 Å². The maximum Gasteiger partial charge on any atom is 0.339 e. The first-order chi connectivity index (χ1) is 16.3. The van der Waals surface area contributed by atoms with Gasteiger partial charge in [0.25, 0.3) is 11.4 Å². The summed E-state index contributed by atoms with van der Waals surface area (Å²) < 4.78 is 10.2. The van der Waals surface area contributed by atoms with Crippen molar-refractivity contribution >= 4 is 28.9 Å². The second-order valence-electron chi connectivity index (χ2n) is 7.03. The lowest BCUT2D eigenvalue weighted by atomic mass is 10.1. The molecule has 34 heavy (non-hydrogen) atoms. The molecule has 0 fully saturated rings. The Labute approximate surface area is 193 Å². The number of methoxy groups -OCH3 is 1. The summed E-state index contributed by atoms with van der Waals surface area (Å²) in [5.74, 6) is -0.576. The topological polar surface area (TPSA) is 151 Å². The number of para-hydroxylation sites is 1. The Balaban J connectivity index is 1.62. The van der Waals surface area contributed by atoms with Crippen molar-refractivity contribution < 1.29 is 28.9 Å². The van der Waals surface area contributed by atoms with Gasteiger partial charge in [-0.15, -0.1) is 0 Å². The largest absolute Gasteiger partial charge is 0.465 e. The normalized spacial score (nSPS) is 10.3. The highest BCUT2D eigenvalue weighted by Gasteiger charge is 2.18. The third-order valence-electron chi connectivity index (χ3n) is 4.70. The number of non-ortho nitro benzene ring substituents is 2. The molecule has 0 spiro atoms. The van der Waals surface area contributed by atoms with E-state index in [2.05, 4.69) is 5.32 Å². The number of hydrogen-bond acceptors (Lipinski definition) is 8. The van der Waals surface area contributed by atoms with Gasteiger partial charge in [-0.2, -0.15) is 0 Å². The number of amides is 1. The minimum absolute atomic E-state index is 0.0442. The molecule has 0 aliphatic carbocycles. The van der Waals surface area contributed by atoms with Gasteiger partial charge in [0.2, 0.25) is 5.91 Å². The summed E-state index contributed by atoms with van der Waals surface area (Å²) >= 11 is 0. The number of nitrogens with one attached hydrogen (secondary N) is 1. The van der Waals surface area contributed by atoms with Crippen LogP contribution < -0.4 is 10.1 Å². The molecule has 3 aromatic carbocycles. The van der Waals surface area contributed by atoms with Gasteiger partial charge < -0.3 is 14.8 Å². The van der Waals surface area contributed by atoms with Crippen LogP contribution in [0.2, 0.25) is 0 Å². The number of aryl methyl sites for hydroxylation is 1. The van der Waals surface area contributed by atoms with E-state index in [4.69, 9.17) is 9.47 Å². The van der Waals surface area contributed by atoms with Crippen LogP contribution in [0.3, 0.4) is 0 Å². The van der Waals surface area contributed by atoms with E-state index in [0.717, 1.165) is 23.8 Å². The standard InChI is InChI=1S/C23H19N3O8/c1-33-23(28)20-4-2-3-5-21(20)24-22(27)11-8-15-6-9-18(10-7-15)34-19-13-16(25(29)30)12-17(14-19)26(31)32/h2-7,9-10,12-14H,8,11H2,1H3,(H,24,27). The van der Waals surface area contributed by atoms with Crippen LogP contribution in [0.4, 0.5) is 17.1 Å². The van der Waals surface area contributed by atoms with E-state index in [1.54, 1.807) is 48.5 Å². The molecule has 0 atom stereocenters. The Morgan fingerprint density at radius 3 is 2.09 bits per heavy atom. The third-order valence-corrected chi connectivity index (χ3v) is 4.70. The average Bonchev–Trinajstić information content (AvgIpc) is 2.83.